The van der Waals surface area contributed by atoms with Gasteiger partial charge in [0.05, 0.1) is 17.3 Å². The van der Waals surface area contributed by atoms with Crippen molar-refractivity contribution in [1.82, 2.24) is 14.8 Å². The second-order valence-corrected chi connectivity index (χ2v) is 6.09. The van der Waals surface area contributed by atoms with Gasteiger partial charge in [0.15, 0.2) is 5.13 Å². The highest BCUT2D eigenvalue weighted by Gasteiger charge is 2.16. The molecule has 0 aliphatic carbocycles. The highest BCUT2D eigenvalue weighted by Crippen LogP contribution is 2.29. The molecule has 3 rings (SSSR count). The molecule has 0 spiro atoms. The van der Waals surface area contributed by atoms with Gasteiger partial charge in [-0.25, -0.2) is 4.98 Å². The number of ether oxygens (including phenoxy) is 1. The molecule has 0 saturated heterocycles. The topological polar surface area (TPSA) is 69.0 Å². The first-order chi connectivity index (χ1) is 10.6. The van der Waals surface area contributed by atoms with E-state index in [0.29, 0.717) is 10.8 Å². The van der Waals surface area contributed by atoms with Crippen LogP contribution in [0.4, 0.5) is 5.13 Å². The zero-order valence-electron chi connectivity index (χ0n) is 12.5. The molecular formula is C15H16N4O2S. The largest absolute Gasteiger partial charge is 0.497 e. The number of benzene rings is 1. The molecule has 2 heterocycles. The van der Waals surface area contributed by atoms with Gasteiger partial charge in [0.2, 0.25) is 0 Å². The molecule has 3 aromatic rings. The van der Waals surface area contributed by atoms with E-state index in [1.807, 2.05) is 32.0 Å². The van der Waals surface area contributed by atoms with E-state index in [1.165, 1.54) is 11.3 Å². The summed E-state index contributed by atoms with van der Waals surface area (Å²) in [5.74, 6) is 0.559. The Morgan fingerprint density at radius 3 is 2.91 bits per heavy atom. The Bertz CT molecular complexity index is 822. The van der Waals surface area contributed by atoms with Gasteiger partial charge in [-0.15, -0.1) is 0 Å². The molecule has 1 amide bonds. The minimum atomic E-state index is -0.211. The monoisotopic (exact) mass is 316 g/mol. The molecule has 0 aliphatic rings. The Morgan fingerprint density at radius 2 is 2.18 bits per heavy atom. The maximum atomic E-state index is 12.4. The number of carbonyl (C=O) groups is 1. The highest BCUT2D eigenvalue weighted by molar-refractivity contribution is 7.22. The summed E-state index contributed by atoms with van der Waals surface area (Å²) < 4.78 is 7.84. The Morgan fingerprint density at radius 1 is 1.36 bits per heavy atom. The highest BCUT2D eigenvalue weighted by atomic mass is 32.1. The molecule has 1 aromatic carbocycles. The van der Waals surface area contributed by atoms with E-state index in [2.05, 4.69) is 15.4 Å². The summed E-state index contributed by atoms with van der Waals surface area (Å²) in [6.07, 6.45) is 1.62. The second-order valence-electron chi connectivity index (χ2n) is 5.06. The normalized spacial score (nSPS) is 11.1. The van der Waals surface area contributed by atoms with Crippen LogP contribution in [0.25, 0.3) is 10.2 Å². The van der Waals surface area contributed by atoms with Gasteiger partial charge in [0.25, 0.3) is 5.91 Å². The summed E-state index contributed by atoms with van der Waals surface area (Å²) in [6.45, 7) is 3.96. The molecule has 0 radical (unpaired) electrons. The minimum Gasteiger partial charge on any atom is -0.497 e. The fraction of sp³-hybridized carbons (Fsp3) is 0.267. The summed E-state index contributed by atoms with van der Waals surface area (Å²) in [7, 11) is 1.62. The molecule has 1 N–H and O–H groups in total. The maximum Gasteiger partial charge on any atom is 0.275 e. The standard InChI is InChI=1S/C15H16N4O2S/c1-9(2)19-12(6-7-16-19)14(20)18-15-17-11-5-4-10(21-3)8-13(11)22-15/h4-9H,1-3H3,(H,17,18,20). The van der Waals surface area contributed by atoms with Crippen molar-refractivity contribution < 1.29 is 9.53 Å². The van der Waals surface area contributed by atoms with Gasteiger partial charge in [0.1, 0.15) is 11.4 Å². The third-order valence-electron chi connectivity index (χ3n) is 3.21. The lowest BCUT2D eigenvalue weighted by atomic mass is 10.3. The number of nitrogens with zero attached hydrogens (tertiary/aromatic N) is 3. The van der Waals surface area contributed by atoms with Gasteiger partial charge in [-0.3, -0.25) is 14.8 Å². The van der Waals surface area contributed by atoms with Crippen molar-refractivity contribution in [2.75, 3.05) is 12.4 Å². The molecule has 6 nitrogen and oxygen atoms in total. The van der Waals surface area contributed by atoms with Gasteiger partial charge in [0, 0.05) is 12.2 Å². The number of methoxy groups -OCH3 is 1. The van der Waals surface area contributed by atoms with E-state index in [1.54, 1.807) is 24.1 Å². The van der Waals surface area contributed by atoms with Crippen LogP contribution in [-0.2, 0) is 0 Å². The number of amides is 1. The summed E-state index contributed by atoms with van der Waals surface area (Å²) in [4.78, 5) is 16.8. The van der Waals surface area contributed by atoms with Crippen molar-refractivity contribution in [3.8, 4) is 5.75 Å². The van der Waals surface area contributed by atoms with Crippen LogP contribution in [0.15, 0.2) is 30.5 Å². The van der Waals surface area contributed by atoms with E-state index in [9.17, 15) is 4.79 Å². The summed E-state index contributed by atoms with van der Waals surface area (Å²) in [5.41, 5.74) is 1.35. The number of rotatable bonds is 4. The summed E-state index contributed by atoms with van der Waals surface area (Å²) in [6, 6.07) is 7.45. The van der Waals surface area contributed by atoms with Crippen LogP contribution in [0, 0.1) is 0 Å². The Balaban J connectivity index is 1.86. The number of hydrogen-bond acceptors (Lipinski definition) is 5. The van der Waals surface area contributed by atoms with Crippen LogP contribution in [0.5, 0.6) is 5.75 Å². The number of anilines is 1. The van der Waals surface area contributed by atoms with Crippen molar-refractivity contribution in [1.29, 1.82) is 0 Å². The van der Waals surface area contributed by atoms with Gasteiger partial charge in [-0.1, -0.05) is 11.3 Å². The quantitative estimate of drug-likeness (QED) is 0.801. The molecule has 0 atom stereocenters. The van der Waals surface area contributed by atoms with Crippen molar-refractivity contribution in [3.63, 3.8) is 0 Å². The van der Waals surface area contributed by atoms with E-state index >= 15 is 0 Å². The van der Waals surface area contributed by atoms with Crippen molar-refractivity contribution in [2.24, 2.45) is 0 Å². The molecule has 22 heavy (non-hydrogen) atoms. The lowest BCUT2D eigenvalue weighted by molar-refractivity contribution is 0.101. The average Bonchev–Trinajstić information content (AvgIpc) is 3.12. The summed E-state index contributed by atoms with van der Waals surface area (Å²) in [5, 5.41) is 7.56. The zero-order chi connectivity index (χ0) is 15.7. The van der Waals surface area contributed by atoms with E-state index in [4.69, 9.17) is 4.74 Å². The van der Waals surface area contributed by atoms with Crippen LogP contribution < -0.4 is 10.1 Å². The number of thiazole rings is 1. The number of carbonyl (C=O) groups excluding carboxylic acids is 1. The second kappa shape index (κ2) is 5.76. The Kier molecular flexibility index (Phi) is 3.81. The van der Waals surface area contributed by atoms with Crippen LogP contribution in [-0.4, -0.2) is 27.8 Å². The summed E-state index contributed by atoms with van der Waals surface area (Å²) >= 11 is 1.41. The molecule has 7 heteroatoms. The molecule has 2 aromatic heterocycles. The average molecular weight is 316 g/mol. The van der Waals surface area contributed by atoms with Crippen LogP contribution in [0.3, 0.4) is 0 Å². The molecule has 0 saturated carbocycles. The first-order valence-electron chi connectivity index (χ1n) is 6.88. The fourth-order valence-electron chi connectivity index (χ4n) is 2.15. The molecule has 0 fully saturated rings. The van der Waals surface area contributed by atoms with E-state index in [0.717, 1.165) is 16.0 Å². The number of aromatic nitrogens is 3. The zero-order valence-corrected chi connectivity index (χ0v) is 13.3. The lowest BCUT2D eigenvalue weighted by Crippen LogP contribution is -2.18. The van der Waals surface area contributed by atoms with Crippen molar-refractivity contribution >= 4 is 32.6 Å². The van der Waals surface area contributed by atoms with E-state index < -0.39 is 0 Å². The molecule has 0 bridgehead atoms. The van der Waals surface area contributed by atoms with Gasteiger partial charge in [-0.05, 0) is 38.1 Å². The number of nitrogens with one attached hydrogen (secondary N) is 1. The Hall–Kier alpha value is -2.41. The first-order valence-corrected chi connectivity index (χ1v) is 7.69. The van der Waals surface area contributed by atoms with Crippen LogP contribution in [0.1, 0.15) is 30.4 Å². The van der Waals surface area contributed by atoms with Gasteiger partial charge < -0.3 is 4.74 Å². The SMILES string of the molecule is COc1ccc2nc(NC(=O)c3ccnn3C(C)C)sc2c1. The molecule has 114 valence electrons. The van der Waals surface area contributed by atoms with Gasteiger partial charge >= 0.3 is 0 Å². The molecular weight excluding hydrogens is 300 g/mol. The van der Waals surface area contributed by atoms with Crippen LogP contribution in [0.2, 0.25) is 0 Å². The number of fused-ring (bicyclic) bond motifs is 1. The maximum absolute atomic E-state index is 12.4. The number of hydrogen-bond donors (Lipinski definition) is 1. The van der Waals surface area contributed by atoms with Crippen LogP contribution >= 0.6 is 11.3 Å². The minimum absolute atomic E-state index is 0.121. The van der Waals surface area contributed by atoms with Crippen molar-refractivity contribution in [2.45, 2.75) is 19.9 Å². The van der Waals surface area contributed by atoms with Crippen molar-refractivity contribution in [3.05, 3.63) is 36.2 Å². The molecule has 0 aliphatic heterocycles. The predicted molar refractivity (Wildman–Crippen MR) is 86.7 cm³/mol. The third kappa shape index (κ3) is 2.67. The smallest absolute Gasteiger partial charge is 0.275 e. The third-order valence-corrected chi connectivity index (χ3v) is 4.14. The van der Waals surface area contributed by atoms with Gasteiger partial charge in [-0.2, -0.15) is 5.10 Å². The lowest BCUT2D eigenvalue weighted by Gasteiger charge is -2.09. The molecule has 0 unspecified atom stereocenters. The Labute approximate surface area is 131 Å². The first kappa shape index (κ1) is 14.5. The van der Waals surface area contributed by atoms with E-state index in [-0.39, 0.29) is 11.9 Å². The fourth-order valence-corrected chi connectivity index (χ4v) is 3.04. The predicted octanol–water partition coefficient (Wildman–Crippen LogP) is 3.33.